The monoisotopic (exact) mass is 577 g/mol. The van der Waals surface area contributed by atoms with Crippen molar-refractivity contribution in [2.24, 2.45) is 0 Å². The zero-order chi connectivity index (χ0) is 21.0. The van der Waals surface area contributed by atoms with Crippen LogP contribution in [-0.2, 0) is 5.41 Å². The van der Waals surface area contributed by atoms with E-state index in [0.717, 1.165) is 22.5 Å². The van der Waals surface area contributed by atoms with E-state index in [1.807, 2.05) is 18.2 Å². The van der Waals surface area contributed by atoms with Gasteiger partial charge in [0.2, 0.25) is 0 Å². The number of benzene rings is 1. The van der Waals surface area contributed by atoms with Gasteiger partial charge < -0.3 is 20.3 Å². The van der Waals surface area contributed by atoms with Crippen molar-refractivity contribution in [3.8, 4) is 0 Å². The van der Waals surface area contributed by atoms with Crippen molar-refractivity contribution in [3.63, 3.8) is 0 Å². The van der Waals surface area contributed by atoms with Gasteiger partial charge in [0, 0.05) is 68.1 Å². The van der Waals surface area contributed by atoms with Gasteiger partial charge in [-0.2, -0.15) is 12.0 Å². The third-order valence-corrected chi connectivity index (χ3v) is 5.28. The van der Waals surface area contributed by atoms with Crippen molar-refractivity contribution < 1.29 is 47.6 Å². The van der Waals surface area contributed by atoms with E-state index in [4.69, 9.17) is 16.7 Å². The number of carbonyl (C=O) groups excluding carboxylic acids is 1. The molecule has 0 saturated carbocycles. The molecular formula is C23H27ClHoN3O2-. The van der Waals surface area contributed by atoms with E-state index in [1.165, 1.54) is 5.56 Å². The zero-order valence-electron chi connectivity index (χ0n) is 17.4. The second-order valence-corrected chi connectivity index (χ2v) is 8.58. The fourth-order valence-electron chi connectivity index (χ4n) is 3.23. The molecule has 3 rings (SSSR count). The Kier molecular flexibility index (Phi) is 9.07. The van der Waals surface area contributed by atoms with Crippen LogP contribution >= 0.6 is 11.6 Å². The van der Waals surface area contributed by atoms with Gasteiger partial charge >= 0.3 is 6.03 Å². The summed E-state index contributed by atoms with van der Waals surface area (Å²) in [4.78, 5) is 18.8. The number of aliphatic hydroxyl groups is 1. The number of urea groups is 1. The molecule has 2 aromatic rings. The molecule has 30 heavy (non-hydrogen) atoms. The minimum Gasteiger partial charge on any atom is -0.405 e. The predicted octanol–water partition coefficient (Wildman–Crippen LogP) is 4.90. The molecule has 0 aliphatic carbocycles. The Bertz CT molecular complexity index is 908. The Balaban J connectivity index is 0.00000320. The number of pyridine rings is 1. The number of aromatic nitrogens is 1. The van der Waals surface area contributed by atoms with Crippen LogP contribution in [0.3, 0.4) is 0 Å². The SMILES string of the molecule is CC(C)(C)c1ccc(NC(=O)N2CC=C(c3ncc([CH-]CO)cc3Cl)CC2)cc1.[Ho]. The molecule has 2 N–H and O–H groups in total. The zero-order valence-corrected chi connectivity index (χ0v) is 20.1. The number of halogens is 1. The van der Waals surface area contributed by atoms with E-state index in [1.54, 1.807) is 23.6 Å². The van der Waals surface area contributed by atoms with E-state index >= 15 is 0 Å². The smallest absolute Gasteiger partial charge is 0.322 e. The number of aliphatic hydroxyl groups excluding tert-OH is 1. The van der Waals surface area contributed by atoms with E-state index in [0.29, 0.717) is 24.5 Å². The molecule has 1 aliphatic heterocycles. The third kappa shape index (κ3) is 6.38. The average Bonchev–Trinajstić information content (AvgIpc) is 2.68. The largest absolute Gasteiger partial charge is 0.405 e. The molecule has 7 heteroatoms. The van der Waals surface area contributed by atoms with Crippen molar-refractivity contribution >= 4 is 28.9 Å². The molecular weight excluding hydrogens is 551 g/mol. The molecule has 5 nitrogen and oxygen atoms in total. The fraction of sp³-hybridized carbons (Fsp3) is 0.348. The van der Waals surface area contributed by atoms with Crippen LogP contribution in [0.1, 0.15) is 44.0 Å². The number of anilines is 1. The first-order valence-corrected chi connectivity index (χ1v) is 10.1. The van der Waals surface area contributed by atoms with Gasteiger partial charge in [0.05, 0.1) is 5.69 Å². The summed E-state index contributed by atoms with van der Waals surface area (Å²) in [6.07, 6.45) is 6.03. The standard InChI is InChI=1S/C23H27ClN3O2.Ho/c1-23(2,3)18-4-6-19(7-5-18)26-22(29)27-11-8-17(9-12-27)21-20(24)14-16(10-13-28)15-25-21;/h4-8,10,14-15,28H,9,11-13H2,1-3H3,(H,26,29);/q-1;. The number of carbonyl (C=O) groups is 1. The molecule has 0 spiro atoms. The molecule has 0 fully saturated rings. The Labute approximate surface area is 213 Å². The number of amides is 2. The first-order chi connectivity index (χ1) is 13.8. The van der Waals surface area contributed by atoms with E-state index in [9.17, 15) is 4.79 Å². The summed E-state index contributed by atoms with van der Waals surface area (Å²) >= 11 is 6.35. The van der Waals surface area contributed by atoms with Crippen LogP contribution in [-0.4, -0.2) is 40.7 Å². The van der Waals surface area contributed by atoms with Gasteiger partial charge in [-0.15, -0.1) is 6.07 Å². The van der Waals surface area contributed by atoms with Gasteiger partial charge in [-0.05, 0) is 35.1 Å². The maximum absolute atomic E-state index is 12.6. The maximum Gasteiger partial charge on any atom is 0.322 e. The summed E-state index contributed by atoms with van der Waals surface area (Å²) in [5.41, 5.74) is 4.66. The molecule has 1 radical (unpaired) electrons. The van der Waals surface area contributed by atoms with E-state index in [2.05, 4.69) is 43.2 Å². The molecule has 2 amide bonds. The topological polar surface area (TPSA) is 65.5 Å². The van der Waals surface area contributed by atoms with Crippen LogP contribution in [0.2, 0.25) is 5.02 Å². The minimum absolute atomic E-state index is 0. The average molecular weight is 578 g/mol. The number of nitrogens with zero attached hydrogens (tertiary/aromatic N) is 2. The van der Waals surface area contributed by atoms with Crippen LogP contribution in [0.4, 0.5) is 10.5 Å². The third-order valence-electron chi connectivity index (χ3n) is 4.99. The Hall–Kier alpha value is -1.24. The Morgan fingerprint density at radius 1 is 1.30 bits per heavy atom. The van der Waals surface area contributed by atoms with E-state index < -0.39 is 0 Å². The van der Waals surface area contributed by atoms with Crippen molar-refractivity contribution in [1.82, 2.24) is 9.88 Å². The molecule has 0 unspecified atom stereocenters. The van der Waals surface area contributed by atoms with Crippen LogP contribution in [0.5, 0.6) is 0 Å². The number of hydrogen-bond donors (Lipinski definition) is 2. The molecule has 165 valence electrons. The van der Waals surface area contributed by atoms with Gasteiger partial charge in [-0.25, -0.2) is 4.79 Å². The Morgan fingerprint density at radius 3 is 2.53 bits per heavy atom. The number of rotatable bonds is 4. The molecule has 0 saturated heterocycles. The van der Waals surface area contributed by atoms with Crippen LogP contribution in [0, 0.1) is 44.2 Å². The molecule has 2 heterocycles. The van der Waals surface area contributed by atoms with Crippen molar-refractivity contribution in [2.75, 3.05) is 25.0 Å². The van der Waals surface area contributed by atoms with Crippen molar-refractivity contribution in [2.45, 2.75) is 32.6 Å². The predicted molar refractivity (Wildman–Crippen MR) is 118 cm³/mol. The van der Waals surface area contributed by atoms with Gasteiger partial charge in [-0.3, -0.25) is 0 Å². The Morgan fingerprint density at radius 2 is 2.00 bits per heavy atom. The van der Waals surface area contributed by atoms with Gasteiger partial charge in [0.1, 0.15) is 0 Å². The molecule has 1 aromatic heterocycles. The van der Waals surface area contributed by atoms with Crippen LogP contribution < -0.4 is 5.32 Å². The fourth-order valence-corrected chi connectivity index (χ4v) is 3.53. The second kappa shape index (κ2) is 10.9. The molecule has 0 atom stereocenters. The van der Waals surface area contributed by atoms with Crippen LogP contribution in [0.25, 0.3) is 5.57 Å². The van der Waals surface area contributed by atoms with Gasteiger partial charge in [-0.1, -0.05) is 56.8 Å². The van der Waals surface area contributed by atoms with Gasteiger partial charge in [0.25, 0.3) is 0 Å². The van der Waals surface area contributed by atoms with Gasteiger partial charge in [0.15, 0.2) is 0 Å². The molecule has 1 aromatic carbocycles. The molecule has 0 bridgehead atoms. The maximum atomic E-state index is 12.6. The van der Waals surface area contributed by atoms with E-state index in [-0.39, 0.29) is 55.8 Å². The minimum atomic E-state index is -0.115. The first kappa shape index (κ1) is 25.0. The summed E-state index contributed by atoms with van der Waals surface area (Å²) < 4.78 is 0. The second-order valence-electron chi connectivity index (χ2n) is 8.17. The first-order valence-electron chi connectivity index (χ1n) is 9.73. The summed E-state index contributed by atoms with van der Waals surface area (Å²) in [5.74, 6) is 0. The summed E-state index contributed by atoms with van der Waals surface area (Å²) in [6, 6.07) is 9.67. The summed E-state index contributed by atoms with van der Waals surface area (Å²) in [7, 11) is 0. The van der Waals surface area contributed by atoms with Crippen molar-refractivity contribution in [1.29, 1.82) is 0 Å². The number of hydrogen-bond acceptors (Lipinski definition) is 3. The summed E-state index contributed by atoms with van der Waals surface area (Å²) in [5, 5.41) is 12.5. The normalized spacial score (nSPS) is 13.9. The quantitative estimate of drug-likeness (QED) is 0.402. The number of nitrogens with one attached hydrogen (secondary N) is 1. The summed E-state index contributed by atoms with van der Waals surface area (Å²) in [6.45, 7) is 7.54. The van der Waals surface area contributed by atoms with Crippen molar-refractivity contribution in [3.05, 3.63) is 70.9 Å². The molecule has 1 aliphatic rings. The van der Waals surface area contributed by atoms with Crippen LogP contribution in [0.15, 0.2) is 42.6 Å².